The molecule has 21 heavy (non-hydrogen) atoms. The SMILES string of the molecule is Cc1ccc(NCc2ccc(N3CCCC3)cc2)c(C)c1. The maximum absolute atomic E-state index is 3.53. The summed E-state index contributed by atoms with van der Waals surface area (Å²) in [7, 11) is 0. The van der Waals surface area contributed by atoms with E-state index >= 15 is 0 Å². The van der Waals surface area contributed by atoms with Crippen LogP contribution in [0.3, 0.4) is 0 Å². The van der Waals surface area contributed by atoms with Crippen LogP contribution in [0.1, 0.15) is 29.5 Å². The number of aryl methyl sites for hydroxylation is 2. The Balaban J connectivity index is 1.62. The zero-order valence-electron chi connectivity index (χ0n) is 13.0. The van der Waals surface area contributed by atoms with Crippen molar-refractivity contribution < 1.29 is 0 Å². The predicted molar refractivity (Wildman–Crippen MR) is 91.1 cm³/mol. The van der Waals surface area contributed by atoms with Gasteiger partial charge in [-0.05, 0) is 56.0 Å². The van der Waals surface area contributed by atoms with Crippen molar-refractivity contribution in [2.24, 2.45) is 0 Å². The molecule has 1 aliphatic rings. The van der Waals surface area contributed by atoms with Crippen LogP contribution in [-0.2, 0) is 6.54 Å². The van der Waals surface area contributed by atoms with E-state index in [9.17, 15) is 0 Å². The summed E-state index contributed by atoms with van der Waals surface area (Å²) in [6, 6.07) is 15.5. The van der Waals surface area contributed by atoms with Crippen molar-refractivity contribution in [2.75, 3.05) is 23.3 Å². The molecule has 2 nitrogen and oxygen atoms in total. The van der Waals surface area contributed by atoms with E-state index in [1.807, 2.05) is 0 Å². The first kappa shape index (κ1) is 14.0. The van der Waals surface area contributed by atoms with Crippen LogP contribution in [0.15, 0.2) is 42.5 Å². The molecular formula is C19H24N2. The summed E-state index contributed by atoms with van der Waals surface area (Å²) in [5.74, 6) is 0. The fourth-order valence-corrected chi connectivity index (χ4v) is 3.01. The fourth-order valence-electron chi connectivity index (χ4n) is 3.01. The number of nitrogens with zero attached hydrogens (tertiary/aromatic N) is 1. The van der Waals surface area contributed by atoms with Gasteiger partial charge in [0, 0.05) is 31.0 Å². The van der Waals surface area contributed by atoms with Crippen LogP contribution in [0.2, 0.25) is 0 Å². The third kappa shape index (κ3) is 3.38. The van der Waals surface area contributed by atoms with Gasteiger partial charge in [-0.1, -0.05) is 29.8 Å². The number of anilines is 2. The van der Waals surface area contributed by atoms with Crippen molar-refractivity contribution in [3.05, 3.63) is 59.2 Å². The molecule has 1 aliphatic heterocycles. The van der Waals surface area contributed by atoms with E-state index in [-0.39, 0.29) is 0 Å². The van der Waals surface area contributed by atoms with E-state index in [2.05, 4.69) is 66.5 Å². The first-order chi connectivity index (χ1) is 10.2. The second kappa shape index (κ2) is 6.21. The molecule has 0 bridgehead atoms. The molecule has 0 atom stereocenters. The molecule has 3 rings (SSSR count). The van der Waals surface area contributed by atoms with E-state index in [4.69, 9.17) is 0 Å². The Hall–Kier alpha value is -1.96. The lowest BCUT2D eigenvalue weighted by molar-refractivity contribution is 0.949. The van der Waals surface area contributed by atoms with Crippen molar-refractivity contribution in [3.8, 4) is 0 Å². The van der Waals surface area contributed by atoms with Gasteiger partial charge in [-0.25, -0.2) is 0 Å². The van der Waals surface area contributed by atoms with Crippen LogP contribution < -0.4 is 10.2 Å². The fraction of sp³-hybridized carbons (Fsp3) is 0.368. The largest absolute Gasteiger partial charge is 0.381 e. The van der Waals surface area contributed by atoms with Crippen LogP contribution >= 0.6 is 0 Å². The van der Waals surface area contributed by atoms with Crippen LogP contribution in [0.25, 0.3) is 0 Å². The van der Waals surface area contributed by atoms with Gasteiger partial charge in [-0.15, -0.1) is 0 Å². The highest BCUT2D eigenvalue weighted by Crippen LogP contribution is 2.21. The minimum absolute atomic E-state index is 0.879. The molecule has 2 heteroatoms. The van der Waals surface area contributed by atoms with Crippen LogP contribution in [0.5, 0.6) is 0 Å². The first-order valence-corrected chi connectivity index (χ1v) is 7.87. The monoisotopic (exact) mass is 280 g/mol. The second-order valence-corrected chi connectivity index (χ2v) is 6.03. The zero-order chi connectivity index (χ0) is 14.7. The maximum atomic E-state index is 3.53. The van der Waals surface area contributed by atoms with Crippen molar-refractivity contribution >= 4 is 11.4 Å². The zero-order valence-corrected chi connectivity index (χ0v) is 13.0. The molecule has 110 valence electrons. The number of rotatable bonds is 4. The molecule has 1 fully saturated rings. The van der Waals surface area contributed by atoms with Gasteiger partial charge >= 0.3 is 0 Å². The quantitative estimate of drug-likeness (QED) is 0.886. The van der Waals surface area contributed by atoms with Gasteiger partial charge in [0.05, 0.1) is 0 Å². The second-order valence-electron chi connectivity index (χ2n) is 6.03. The summed E-state index contributed by atoms with van der Waals surface area (Å²) in [6.45, 7) is 7.59. The Kier molecular flexibility index (Phi) is 4.14. The molecule has 1 N–H and O–H groups in total. The Bertz CT molecular complexity index is 595. The third-order valence-electron chi connectivity index (χ3n) is 4.27. The summed E-state index contributed by atoms with van der Waals surface area (Å²) < 4.78 is 0. The topological polar surface area (TPSA) is 15.3 Å². The average molecular weight is 280 g/mol. The summed E-state index contributed by atoms with van der Waals surface area (Å²) >= 11 is 0. The molecule has 0 aromatic heterocycles. The van der Waals surface area contributed by atoms with E-state index in [1.165, 1.54) is 54.0 Å². The van der Waals surface area contributed by atoms with E-state index in [1.54, 1.807) is 0 Å². The number of hydrogen-bond acceptors (Lipinski definition) is 2. The molecule has 0 spiro atoms. The van der Waals surface area contributed by atoms with Gasteiger partial charge < -0.3 is 10.2 Å². The number of benzene rings is 2. The molecule has 0 saturated carbocycles. The number of hydrogen-bond donors (Lipinski definition) is 1. The first-order valence-electron chi connectivity index (χ1n) is 7.87. The predicted octanol–water partition coefficient (Wildman–Crippen LogP) is 4.52. The summed E-state index contributed by atoms with van der Waals surface area (Å²) in [5, 5.41) is 3.53. The molecule has 0 unspecified atom stereocenters. The molecule has 2 aromatic carbocycles. The Morgan fingerprint density at radius 2 is 1.67 bits per heavy atom. The third-order valence-corrected chi connectivity index (χ3v) is 4.27. The highest BCUT2D eigenvalue weighted by molar-refractivity contribution is 5.53. The van der Waals surface area contributed by atoms with Gasteiger partial charge in [0.2, 0.25) is 0 Å². The minimum Gasteiger partial charge on any atom is -0.381 e. The van der Waals surface area contributed by atoms with E-state index in [0.29, 0.717) is 0 Å². The molecule has 1 heterocycles. The molecule has 0 radical (unpaired) electrons. The highest BCUT2D eigenvalue weighted by atomic mass is 15.1. The van der Waals surface area contributed by atoms with Crippen molar-refractivity contribution in [1.29, 1.82) is 0 Å². The van der Waals surface area contributed by atoms with E-state index in [0.717, 1.165) is 6.54 Å². The van der Waals surface area contributed by atoms with Crippen LogP contribution in [0.4, 0.5) is 11.4 Å². The summed E-state index contributed by atoms with van der Waals surface area (Å²) in [5.41, 5.74) is 6.54. The Morgan fingerprint density at radius 1 is 0.952 bits per heavy atom. The van der Waals surface area contributed by atoms with Crippen LogP contribution in [-0.4, -0.2) is 13.1 Å². The smallest absolute Gasteiger partial charge is 0.0400 e. The van der Waals surface area contributed by atoms with Crippen molar-refractivity contribution in [3.63, 3.8) is 0 Å². The summed E-state index contributed by atoms with van der Waals surface area (Å²) in [4.78, 5) is 2.47. The highest BCUT2D eigenvalue weighted by Gasteiger charge is 2.11. The average Bonchev–Trinajstić information content (AvgIpc) is 3.01. The maximum Gasteiger partial charge on any atom is 0.0400 e. The lowest BCUT2D eigenvalue weighted by Gasteiger charge is -2.18. The lowest BCUT2D eigenvalue weighted by atomic mass is 10.1. The standard InChI is InChI=1S/C19H24N2/c1-15-5-10-19(16(2)13-15)20-14-17-6-8-18(9-7-17)21-11-3-4-12-21/h5-10,13,20H,3-4,11-12,14H2,1-2H3. The van der Waals surface area contributed by atoms with Crippen molar-refractivity contribution in [1.82, 2.24) is 0 Å². The Labute approximate surface area is 127 Å². The number of nitrogens with one attached hydrogen (secondary N) is 1. The normalized spacial score (nSPS) is 14.5. The molecule has 1 saturated heterocycles. The van der Waals surface area contributed by atoms with E-state index < -0.39 is 0 Å². The van der Waals surface area contributed by atoms with Gasteiger partial charge in [-0.3, -0.25) is 0 Å². The van der Waals surface area contributed by atoms with Gasteiger partial charge in [0.25, 0.3) is 0 Å². The Morgan fingerprint density at radius 3 is 2.33 bits per heavy atom. The van der Waals surface area contributed by atoms with Gasteiger partial charge in [-0.2, -0.15) is 0 Å². The molecular weight excluding hydrogens is 256 g/mol. The van der Waals surface area contributed by atoms with Crippen molar-refractivity contribution in [2.45, 2.75) is 33.2 Å². The molecule has 0 aliphatic carbocycles. The minimum atomic E-state index is 0.879. The van der Waals surface area contributed by atoms with Gasteiger partial charge in [0.1, 0.15) is 0 Å². The van der Waals surface area contributed by atoms with Crippen LogP contribution in [0, 0.1) is 13.8 Å². The van der Waals surface area contributed by atoms with Gasteiger partial charge in [0.15, 0.2) is 0 Å². The molecule has 2 aromatic rings. The molecule has 0 amide bonds. The lowest BCUT2D eigenvalue weighted by Crippen LogP contribution is -2.17. The summed E-state index contributed by atoms with van der Waals surface area (Å²) in [6.07, 6.45) is 2.66.